The topological polar surface area (TPSA) is 78.7 Å². The third-order valence-corrected chi connectivity index (χ3v) is 4.51. The number of halogens is 2. The second-order valence-electron chi connectivity index (χ2n) is 5.68. The van der Waals surface area contributed by atoms with Gasteiger partial charge in [-0.05, 0) is 31.0 Å². The fourth-order valence-electron chi connectivity index (χ4n) is 2.84. The maximum absolute atomic E-state index is 12.7. The number of anilines is 1. The van der Waals surface area contributed by atoms with Crippen LogP contribution >= 0.6 is 24.0 Å². The summed E-state index contributed by atoms with van der Waals surface area (Å²) in [6.07, 6.45) is 1.61. The van der Waals surface area contributed by atoms with E-state index in [0.29, 0.717) is 42.5 Å². The van der Waals surface area contributed by atoms with E-state index in [2.05, 4.69) is 5.32 Å². The van der Waals surface area contributed by atoms with Crippen LogP contribution in [0.2, 0.25) is 5.02 Å². The maximum atomic E-state index is 12.7. The highest BCUT2D eigenvalue weighted by Crippen LogP contribution is 2.26. The minimum atomic E-state index is -0.148. The first kappa shape index (κ1) is 17.8. The molecule has 0 atom stereocenters. The van der Waals surface area contributed by atoms with Crippen LogP contribution in [0.5, 0.6) is 0 Å². The van der Waals surface area contributed by atoms with E-state index in [0.717, 1.165) is 12.8 Å². The standard InChI is InChI=1S/C15H19ClN4O2.ClH/c16-13-2-1-11(20-8-5-18-15(20)22)9-12(13)14(21)19-6-3-10(17)4-7-19;/h1-2,9-10H,3-8,17H2,(H,18,22);1H. The summed E-state index contributed by atoms with van der Waals surface area (Å²) < 4.78 is 0. The van der Waals surface area contributed by atoms with Gasteiger partial charge < -0.3 is 16.0 Å². The van der Waals surface area contributed by atoms with E-state index in [1.54, 1.807) is 28.0 Å². The molecule has 6 nitrogen and oxygen atoms in total. The number of benzene rings is 1. The van der Waals surface area contributed by atoms with Gasteiger partial charge in [0.1, 0.15) is 0 Å². The zero-order valence-electron chi connectivity index (χ0n) is 12.6. The first-order valence-corrected chi connectivity index (χ1v) is 7.84. The van der Waals surface area contributed by atoms with Crippen molar-refractivity contribution in [3.63, 3.8) is 0 Å². The second-order valence-corrected chi connectivity index (χ2v) is 6.08. The number of carbonyl (C=O) groups is 2. The number of nitrogens with two attached hydrogens (primary N) is 1. The van der Waals surface area contributed by atoms with Gasteiger partial charge >= 0.3 is 6.03 Å². The summed E-state index contributed by atoms with van der Waals surface area (Å²) in [5.74, 6) is -0.0987. The molecule has 0 radical (unpaired) electrons. The number of piperidine rings is 1. The molecule has 2 fully saturated rings. The summed E-state index contributed by atoms with van der Waals surface area (Å²) in [5, 5.41) is 3.15. The third-order valence-electron chi connectivity index (χ3n) is 4.18. The Labute approximate surface area is 146 Å². The average Bonchev–Trinajstić information content (AvgIpc) is 2.94. The van der Waals surface area contributed by atoms with Crippen LogP contribution < -0.4 is 16.0 Å². The molecule has 1 aromatic carbocycles. The van der Waals surface area contributed by atoms with Crippen molar-refractivity contribution in [3.05, 3.63) is 28.8 Å². The predicted molar refractivity (Wildman–Crippen MR) is 92.6 cm³/mol. The van der Waals surface area contributed by atoms with Crippen molar-refractivity contribution in [2.24, 2.45) is 5.73 Å². The minimum absolute atomic E-state index is 0. The van der Waals surface area contributed by atoms with Gasteiger partial charge in [-0.15, -0.1) is 12.4 Å². The number of urea groups is 1. The highest BCUT2D eigenvalue weighted by molar-refractivity contribution is 6.34. The molecule has 0 unspecified atom stereocenters. The van der Waals surface area contributed by atoms with E-state index in [9.17, 15) is 9.59 Å². The average molecular weight is 359 g/mol. The highest BCUT2D eigenvalue weighted by atomic mass is 35.5. The molecule has 0 aliphatic carbocycles. The monoisotopic (exact) mass is 358 g/mol. The molecule has 2 heterocycles. The Morgan fingerprint density at radius 3 is 2.57 bits per heavy atom. The smallest absolute Gasteiger partial charge is 0.321 e. The summed E-state index contributed by atoms with van der Waals surface area (Å²) in [6, 6.07) is 5.15. The van der Waals surface area contributed by atoms with Crippen LogP contribution in [0.3, 0.4) is 0 Å². The molecule has 3 amide bonds. The summed E-state index contributed by atoms with van der Waals surface area (Å²) >= 11 is 6.19. The number of nitrogens with one attached hydrogen (secondary N) is 1. The Balaban J connectivity index is 0.00000192. The van der Waals surface area contributed by atoms with Crippen molar-refractivity contribution in [3.8, 4) is 0 Å². The van der Waals surface area contributed by atoms with Gasteiger partial charge in [-0.3, -0.25) is 9.69 Å². The van der Waals surface area contributed by atoms with E-state index >= 15 is 0 Å². The molecule has 0 aromatic heterocycles. The Morgan fingerprint density at radius 1 is 1.26 bits per heavy atom. The molecule has 1 aromatic rings. The summed E-state index contributed by atoms with van der Waals surface area (Å²) in [6.45, 7) is 2.48. The lowest BCUT2D eigenvalue weighted by Crippen LogP contribution is -2.43. The van der Waals surface area contributed by atoms with Crippen LogP contribution in [0, 0.1) is 0 Å². The fraction of sp³-hybridized carbons (Fsp3) is 0.467. The molecule has 23 heavy (non-hydrogen) atoms. The SMILES string of the molecule is Cl.NC1CCN(C(=O)c2cc(N3CCNC3=O)ccc2Cl)CC1. The molecule has 0 spiro atoms. The molecule has 3 rings (SSSR count). The first-order chi connectivity index (χ1) is 10.6. The molecule has 8 heteroatoms. The number of nitrogens with zero attached hydrogens (tertiary/aromatic N) is 2. The lowest BCUT2D eigenvalue weighted by molar-refractivity contribution is 0.0715. The molecule has 3 N–H and O–H groups in total. The molecule has 2 saturated heterocycles. The highest BCUT2D eigenvalue weighted by Gasteiger charge is 2.26. The van der Waals surface area contributed by atoms with Crippen LogP contribution in [0.4, 0.5) is 10.5 Å². The number of hydrogen-bond donors (Lipinski definition) is 2. The first-order valence-electron chi connectivity index (χ1n) is 7.46. The third kappa shape index (κ3) is 3.71. The Hall–Kier alpha value is -1.50. The Kier molecular flexibility index (Phi) is 5.73. The van der Waals surface area contributed by atoms with E-state index < -0.39 is 0 Å². The van der Waals surface area contributed by atoms with E-state index in [4.69, 9.17) is 17.3 Å². The largest absolute Gasteiger partial charge is 0.338 e. The van der Waals surface area contributed by atoms with Gasteiger partial charge in [0.15, 0.2) is 0 Å². The molecule has 0 bridgehead atoms. The summed E-state index contributed by atoms with van der Waals surface area (Å²) in [4.78, 5) is 27.8. The predicted octanol–water partition coefficient (Wildman–Crippen LogP) is 1.85. The van der Waals surface area contributed by atoms with Gasteiger partial charge in [0.25, 0.3) is 5.91 Å². The second kappa shape index (κ2) is 7.38. The molecular formula is C15H20Cl2N4O2. The van der Waals surface area contributed by atoms with Gasteiger partial charge in [0, 0.05) is 37.9 Å². The molecular weight excluding hydrogens is 339 g/mol. The van der Waals surface area contributed by atoms with Crippen LogP contribution in [0.25, 0.3) is 0 Å². The number of hydrogen-bond acceptors (Lipinski definition) is 3. The fourth-order valence-corrected chi connectivity index (χ4v) is 3.03. The zero-order valence-corrected chi connectivity index (χ0v) is 14.2. The lowest BCUT2D eigenvalue weighted by atomic mass is 10.0. The molecule has 2 aliphatic rings. The van der Waals surface area contributed by atoms with Crippen LogP contribution in [0.1, 0.15) is 23.2 Å². The van der Waals surface area contributed by atoms with E-state index in [-0.39, 0.29) is 30.4 Å². The van der Waals surface area contributed by atoms with E-state index in [1.807, 2.05) is 0 Å². The Bertz CT molecular complexity index is 603. The van der Waals surface area contributed by atoms with Gasteiger partial charge in [0.2, 0.25) is 0 Å². The van der Waals surface area contributed by atoms with Crippen molar-refractivity contribution >= 4 is 41.6 Å². The Morgan fingerprint density at radius 2 is 1.96 bits per heavy atom. The number of likely N-dealkylation sites (tertiary alicyclic amines) is 1. The summed E-state index contributed by atoms with van der Waals surface area (Å²) in [5.41, 5.74) is 7.00. The van der Waals surface area contributed by atoms with Crippen molar-refractivity contribution in [2.45, 2.75) is 18.9 Å². The van der Waals surface area contributed by atoms with Gasteiger partial charge in [-0.25, -0.2) is 4.79 Å². The van der Waals surface area contributed by atoms with Crippen molar-refractivity contribution in [2.75, 3.05) is 31.1 Å². The molecule has 126 valence electrons. The zero-order chi connectivity index (χ0) is 15.7. The molecule has 2 aliphatic heterocycles. The molecule has 0 saturated carbocycles. The summed E-state index contributed by atoms with van der Waals surface area (Å²) in [7, 11) is 0. The number of carbonyl (C=O) groups excluding carboxylic acids is 2. The van der Waals surface area contributed by atoms with Gasteiger partial charge in [0.05, 0.1) is 10.6 Å². The van der Waals surface area contributed by atoms with Crippen molar-refractivity contribution in [1.82, 2.24) is 10.2 Å². The quantitative estimate of drug-likeness (QED) is 0.846. The maximum Gasteiger partial charge on any atom is 0.321 e. The normalized spacial score (nSPS) is 18.6. The van der Waals surface area contributed by atoms with E-state index in [1.165, 1.54) is 0 Å². The van der Waals surface area contributed by atoms with Crippen LogP contribution in [0.15, 0.2) is 18.2 Å². The van der Waals surface area contributed by atoms with Crippen molar-refractivity contribution in [1.29, 1.82) is 0 Å². The van der Waals surface area contributed by atoms with Gasteiger partial charge in [-0.2, -0.15) is 0 Å². The number of rotatable bonds is 2. The van der Waals surface area contributed by atoms with Crippen LogP contribution in [-0.4, -0.2) is 49.1 Å². The lowest BCUT2D eigenvalue weighted by Gasteiger charge is -2.30. The van der Waals surface area contributed by atoms with Crippen LogP contribution in [-0.2, 0) is 0 Å². The van der Waals surface area contributed by atoms with Crippen molar-refractivity contribution < 1.29 is 9.59 Å². The number of amides is 3. The van der Waals surface area contributed by atoms with Gasteiger partial charge in [-0.1, -0.05) is 11.6 Å². The minimum Gasteiger partial charge on any atom is -0.338 e.